The summed E-state index contributed by atoms with van der Waals surface area (Å²) in [5.41, 5.74) is 6.25. The Morgan fingerprint density at radius 3 is 2.38 bits per heavy atom. The van der Waals surface area contributed by atoms with Crippen LogP contribution < -0.4 is 5.73 Å². The number of nitrogen functional groups attached to an aromatic ring is 1. The first-order valence-corrected chi connectivity index (χ1v) is 7.54. The lowest BCUT2D eigenvalue weighted by molar-refractivity contribution is 0.458. The third-order valence-electron chi connectivity index (χ3n) is 2.99. The minimum atomic E-state index is -3.95. The van der Waals surface area contributed by atoms with Crippen molar-refractivity contribution in [2.75, 3.05) is 12.8 Å². The van der Waals surface area contributed by atoms with Crippen LogP contribution >= 0.6 is 0 Å². The van der Waals surface area contributed by atoms with E-state index in [1.165, 1.54) is 25.2 Å². The van der Waals surface area contributed by atoms with Gasteiger partial charge in [0, 0.05) is 19.3 Å². The Morgan fingerprint density at radius 1 is 1.19 bits per heavy atom. The standard InChI is InChI=1S/C14H15FN2O3S/c1-17(9-10-2-5-12(18)6-3-10)21(19,20)14-7-4-11(16)8-13(14)15/h2-8,18H,9,16H2,1H3. The average Bonchev–Trinajstić information content (AvgIpc) is 2.40. The van der Waals surface area contributed by atoms with Crippen LogP contribution in [0.2, 0.25) is 0 Å². The Kier molecular flexibility index (Phi) is 4.15. The molecule has 0 spiro atoms. The second kappa shape index (κ2) is 5.71. The van der Waals surface area contributed by atoms with Gasteiger partial charge in [0.05, 0.1) is 0 Å². The lowest BCUT2D eigenvalue weighted by atomic mass is 10.2. The van der Waals surface area contributed by atoms with Gasteiger partial charge in [0.1, 0.15) is 16.5 Å². The van der Waals surface area contributed by atoms with Crippen LogP contribution in [0.3, 0.4) is 0 Å². The van der Waals surface area contributed by atoms with Crippen LogP contribution in [0, 0.1) is 5.82 Å². The van der Waals surface area contributed by atoms with Gasteiger partial charge >= 0.3 is 0 Å². The molecule has 0 saturated carbocycles. The summed E-state index contributed by atoms with van der Waals surface area (Å²) < 4.78 is 39.5. The van der Waals surface area contributed by atoms with Gasteiger partial charge in [0.2, 0.25) is 10.0 Å². The molecule has 2 rings (SSSR count). The number of hydrogen-bond acceptors (Lipinski definition) is 4. The first kappa shape index (κ1) is 15.3. The number of phenolic OH excluding ortho intramolecular Hbond substituents is 1. The van der Waals surface area contributed by atoms with Crippen LogP contribution in [-0.4, -0.2) is 24.9 Å². The maximum Gasteiger partial charge on any atom is 0.246 e. The molecule has 5 nitrogen and oxygen atoms in total. The fourth-order valence-electron chi connectivity index (χ4n) is 1.84. The number of aromatic hydroxyl groups is 1. The largest absolute Gasteiger partial charge is 0.508 e. The lowest BCUT2D eigenvalue weighted by Gasteiger charge is -2.18. The van der Waals surface area contributed by atoms with Crippen LogP contribution in [-0.2, 0) is 16.6 Å². The summed E-state index contributed by atoms with van der Waals surface area (Å²) in [6.45, 7) is 0.0619. The highest BCUT2D eigenvalue weighted by molar-refractivity contribution is 7.89. The monoisotopic (exact) mass is 310 g/mol. The normalized spacial score (nSPS) is 11.8. The molecule has 0 bridgehead atoms. The molecule has 7 heteroatoms. The Hall–Kier alpha value is -2.12. The van der Waals surface area contributed by atoms with Crippen molar-refractivity contribution in [2.24, 2.45) is 0 Å². The fraction of sp³-hybridized carbons (Fsp3) is 0.143. The zero-order chi connectivity index (χ0) is 15.6. The zero-order valence-corrected chi connectivity index (χ0v) is 12.1. The maximum absolute atomic E-state index is 13.8. The molecule has 0 heterocycles. The maximum atomic E-state index is 13.8. The lowest BCUT2D eigenvalue weighted by Crippen LogP contribution is -2.27. The summed E-state index contributed by atoms with van der Waals surface area (Å²) in [6.07, 6.45) is 0. The van der Waals surface area contributed by atoms with Crippen molar-refractivity contribution in [2.45, 2.75) is 11.4 Å². The Bertz CT molecular complexity index is 745. The summed E-state index contributed by atoms with van der Waals surface area (Å²) in [5.74, 6) is -0.790. The topological polar surface area (TPSA) is 83.6 Å². The Balaban J connectivity index is 2.28. The number of rotatable bonds is 4. The molecular formula is C14H15FN2O3S. The Morgan fingerprint density at radius 2 is 1.81 bits per heavy atom. The van der Waals surface area contributed by atoms with Gasteiger partial charge in [0.15, 0.2) is 0 Å². The molecule has 21 heavy (non-hydrogen) atoms. The summed E-state index contributed by atoms with van der Waals surface area (Å²) in [4.78, 5) is -0.419. The first-order valence-electron chi connectivity index (χ1n) is 6.10. The van der Waals surface area contributed by atoms with Crippen LogP contribution in [0.25, 0.3) is 0 Å². The van der Waals surface area contributed by atoms with E-state index in [4.69, 9.17) is 5.73 Å². The van der Waals surface area contributed by atoms with Gasteiger partial charge in [-0.3, -0.25) is 0 Å². The molecule has 0 aliphatic rings. The van der Waals surface area contributed by atoms with Crippen LogP contribution in [0.5, 0.6) is 5.75 Å². The quantitative estimate of drug-likeness (QED) is 0.845. The first-order chi connectivity index (χ1) is 9.80. The highest BCUT2D eigenvalue weighted by Gasteiger charge is 2.24. The highest BCUT2D eigenvalue weighted by Crippen LogP contribution is 2.22. The van der Waals surface area contributed by atoms with E-state index in [-0.39, 0.29) is 18.0 Å². The number of halogens is 1. The van der Waals surface area contributed by atoms with E-state index in [1.54, 1.807) is 12.1 Å². The van der Waals surface area contributed by atoms with Gasteiger partial charge in [-0.25, -0.2) is 12.8 Å². The second-order valence-electron chi connectivity index (χ2n) is 4.62. The molecule has 0 amide bonds. The molecule has 0 aliphatic heterocycles. The van der Waals surface area contributed by atoms with Crippen molar-refractivity contribution in [1.82, 2.24) is 4.31 Å². The van der Waals surface area contributed by atoms with Gasteiger partial charge < -0.3 is 10.8 Å². The number of nitrogens with two attached hydrogens (primary N) is 1. The third kappa shape index (κ3) is 3.32. The van der Waals surface area contributed by atoms with E-state index in [2.05, 4.69) is 0 Å². The predicted molar refractivity (Wildman–Crippen MR) is 77.6 cm³/mol. The second-order valence-corrected chi connectivity index (χ2v) is 6.63. The van der Waals surface area contributed by atoms with E-state index in [0.29, 0.717) is 5.56 Å². The van der Waals surface area contributed by atoms with E-state index in [9.17, 15) is 17.9 Å². The van der Waals surface area contributed by atoms with E-state index >= 15 is 0 Å². The number of phenols is 1. The molecule has 112 valence electrons. The molecule has 0 aromatic heterocycles. The number of sulfonamides is 1. The van der Waals surface area contributed by atoms with E-state index in [0.717, 1.165) is 16.4 Å². The molecule has 0 radical (unpaired) electrons. The molecule has 2 aromatic rings. The number of anilines is 1. The smallest absolute Gasteiger partial charge is 0.246 e. The predicted octanol–water partition coefficient (Wildman–Crippen LogP) is 1.93. The zero-order valence-electron chi connectivity index (χ0n) is 11.3. The number of hydrogen-bond donors (Lipinski definition) is 2. The summed E-state index contributed by atoms with van der Waals surface area (Å²) in [6, 6.07) is 9.57. The third-order valence-corrected chi connectivity index (χ3v) is 4.82. The fourth-order valence-corrected chi connectivity index (χ4v) is 3.04. The summed E-state index contributed by atoms with van der Waals surface area (Å²) in [7, 11) is -2.60. The van der Waals surface area contributed by atoms with Crippen LogP contribution in [0.15, 0.2) is 47.4 Å². The summed E-state index contributed by atoms with van der Waals surface area (Å²) >= 11 is 0. The van der Waals surface area contributed by atoms with Gasteiger partial charge in [-0.15, -0.1) is 0 Å². The molecule has 2 aromatic carbocycles. The van der Waals surface area contributed by atoms with Gasteiger partial charge in [0.25, 0.3) is 0 Å². The highest BCUT2D eigenvalue weighted by atomic mass is 32.2. The van der Waals surface area contributed by atoms with Gasteiger partial charge in [-0.2, -0.15) is 4.31 Å². The molecule has 0 fully saturated rings. The van der Waals surface area contributed by atoms with E-state index in [1.807, 2.05) is 0 Å². The molecule has 3 N–H and O–H groups in total. The average molecular weight is 310 g/mol. The van der Waals surface area contributed by atoms with Gasteiger partial charge in [-0.05, 0) is 35.9 Å². The van der Waals surface area contributed by atoms with E-state index < -0.39 is 20.7 Å². The van der Waals surface area contributed by atoms with Crippen LogP contribution in [0.1, 0.15) is 5.56 Å². The molecular weight excluding hydrogens is 295 g/mol. The summed E-state index contributed by atoms with van der Waals surface area (Å²) in [5, 5.41) is 9.20. The van der Waals surface area contributed by atoms with Crippen molar-refractivity contribution in [3.05, 3.63) is 53.8 Å². The minimum Gasteiger partial charge on any atom is -0.508 e. The number of nitrogens with zero attached hydrogens (tertiary/aromatic N) is 1. The van der Waals surface area contributed by atoms with Crippen molar-refractivity contribution in [3.8, 4) is 5.75 Å². The van der Waals surface area contributed by atoms with Crippen molar-refractivity contribution in [1.29, 1.82) is 0 Å². The SMILES string of the molecule is CN(Cc1ccc(O)cc1)S(=O)(=O)c1ccc(N)cc1F. The molecule has 0 saturated heterocycles. The number of benzene rings is 2. The van der Waals surface area contributed by atoms with Crippen molar-refractivity contribution < 1.29 is 17.9 Å². The molecule has 0 unspecified atom stereocenters. The molecule has 0 aliphatic carbocycles. The van der Waals surface area contributed by atoms with Crippen LogP contribution in [0.4, 0.5) is 10.1 Å². The van der Waals surface area contributed by atoms with Gasteiger partial charge in [-0.1, -0.05) is 12.1 Å². The minimum absolute atomic E-state index is 0.0619. The van der Waals surface area contributed by atoms with Crippen molar-refractivity contribution >= 4 is 15.7 Å². The Labute approximate surface area is 122 Å². The molecule has 0 atom stereocenters. The van der Waals surface area contributed by atoms with Crippen molar-refractivity contribution in [3.63, 3.8) is 0 Å².